The zero-order chi connectivity index (χ0) is 3.58. The first-order chi connectivity index (χ1) is 1.73. The van der Waals surface area contributed by atoms with Gasteiger partial charge in [0, 0.05) is 0 Å². The Morgan fingerprint density at radius 2 is 2.00 bits per heavy atom. The minimum Gasteiger partial charge on any atom is -0.321 e. The summed E-state index contributed by atoms with van der Waals surface area (Å²) in [7, 11) is 0. The zero-order valence-corrected chi connectivity index (χ0v) is 4.49. The van der Waals surface area contributed by atoms with E-state index < -0.39 is 4.85 Å². The largest absolute Gasteiger partial charge is 0.412 e. The molecule has 0 bridgehead atoms. The second-order valence-corrected chi connectivity index (χ2v) is 2.24. The van der Waals surface area contributed by atoms with E-state index in [0.717, 1.165) is 0 Å². The Kier molecular flexibility index (Phi) is 2.35. The van der Waals surface area contributed by atoms with Gasteiger partial charge in [-0.2, -0.15) is 0 Å². The van der Waals surface area contributed by atoms with Crippen molar-refractivity contribution in [3.8, 4) is 0 Å². The smallest absolute Gasteiger partial charge is 0.321 e. The molecule has 0 nitrogen and oxygen atoms in total. The summed E-state index contributed by atoms with van der Waals surface area (Å²) in [4.78, 5) is -0.697. The topological polar surface area (TPSA) is 0 Å². The van der Waals surface area contributed by atoms with Crippen LogP contribution in [0.5, 0.6) is 0 Å². The first-order valence-corrected chi connectivity index (χ1v) is 2.26. The molecule has 0 spiro atoms. The van der Waals surface area contributed by atoms with E-state index in [1.807, 2.05) is 0 Å². The maximum absolute atomic E-state index is 11.0. The lowest BCUT2D eigenvalue weighted by Crippen LogP contribution is -1.74. The Labute approximate surface area is 38.8 Å². The second-order valence-electron chi connectivity index (χ2n) is 0.519. The van der Waals surface area contributed by atoms with Crippen LogP contribution in [0.15, 0.2) is 0 Å². The normalized spacial score (nSPS) is 6.75. The summed E-state index contributed by atoms with van der Waals surface area (Å²) in [5.74, 6) is 0. The Hall–Kier alpha value is 0.725. The van der Waals surface area contributed by atoms with Gasteiger partial charge in [-0.15, -0.1) is 22.4 Å². The molecule has 0 aromatic carbocycles. The highest BCUT2D eigenvalue weighted by molar-refractivity contribution is 14.1. The third kappa shape index (κ3) is 15.4. The Bertz CT molecular complexity index is 12.8. The van der Waals surface area contributed by atoms with E-state index in [-0.39, 0.29) is 0 Å². The molecule has 0 radical (unpaired) electrons. The molecule has 0 aromatic rings. The molecule has 0 aliphatic rings. The van der Waals surface area contributed by atoms with E-state index >= 15 is 0 Å². The van der Waals surface area contributed by atoms with Gasteiger partial charge in [-0.3, -0.25) is 0 Å². The molecule has 0 saturated heterocycles. The summed E-state index contributed by atoms with van der Waals surface area (Å²) in [6, 6.07) is 0. The van der Waals surface area contributed by atoms with Crippen molar-refractivity contribution in [1.82, 2.24) is 0 Å². The number of halogens is 2. The van der Waals surface area contributed by atoms with Crippen LogP contribution in [0.4, 0.5) is 4.32 Å². The summed E-state index contributed by atoms with van der Waals surface area (Å²) < 4.78 is 11.0. The maximum atomic E-state index is 11.0. The summed E-state index contributed by atoms with van der Waals surface area (Å²) in [6.45, 7) is 1.49. The minimum absolute atomic E-state index is 0.697. The van der Waals surface area contributed by atoms with E-state index in [1.54, 1.807) is 22.4 Å². The van der Waals surface area contributed by atoms with Crippen LogP contribution in [0.1, 0.15) is 0 Å². The van der Waals surface area contributed by atoms with E-state index in [4.69, 9.17) is 0 Å². The molecule has 0 heterocycles. The Balaban J connectivity index is 2.32. The van der Waals surface area contributed by atoms with Gasteiger partial charge in [0.05, 0.1) is 0 Å². The Morgan fingerprint density at radius 3 is 2.00 bits per heavy atom. The van der Waals surface area contributed by atoms with Gasteiger partial charge in [0.2, 0.25) is 0 Å². The second kappa shape index (κ2) is 1.99. The highest BCUT2D eigenvalue weighted by atomic mass is 127. The van der Waals surface area contributed by atoms with Gasteiger partial charge in [0.25, 0.3) is 0 Å². The first-order valence-electron chi connectivity index (χ1n) is 1.01. The predicted molar refractivity (Wildman–Crippen MR) is 26.7 cm³/mol. The summed E-state index contributed by atoms with van der Waals surface area (Å²) in [5.41, 5.74) is 0. The van der Waals surface area contributed by atoms with Gasteiger partial charge >= 0.3 is 4.85 Å². The molecule has 0 unspecified atom stereocenters. The Morgan fingerprint density at radius 1 is 2.00 bits per heavy atom. The average Bonchev–Trinajstić information content (AvgIpc) is 0.811. The van der Waals surface area contributed by atoms with Crippen molar-refractivity contribution in [2.45, 2.75) is 6.82 Å². The molecular weight excluding hydrogens is 169 g/mol. The van der Waals surface area contributed by atoms with Crippen LogP contribution in [0.25, 0.3) is 0 Å². The van der Waals surface area contributed by atoms with E-state index in [2.05, 4.69) is 0 Å². The van der Waals surface area contributed by atoms with Gasteiger partial charge in [-0.1, -0.05) is 0 Å². The maximum Gasteiger partial charge on any atom is 0.412 e. The van der Waals surface area contributed by atoms with Crippen LogP contribution in [0.2, 0.25) is 6.82 Å². The molecule has 0 saturated carbocycles. The molecule has 0 fully saturated rings. The molecule has 4 heavy (non-hydrogen) atoms. The quantitative estimate of drug-likeness (QED) is 0.383. The monoisotopic (exact) mass is 172 g/mol. The van der Waals surface area contributed by atoms with Crippen molar-refractivity contribution >= 4 is 27.2 Å². The molecular formula is CH3BFI. The predicted octanol–water partition coefficient (Wildman–Crippen LogP) is 1.51. The summed E-state index contributed by atoms with van der Waals surface area (Å²) in [6.07, 6.45) is 0. The van der Waals surface area contributed by atoms with Crippen LogP contribution < -0.4 is 0 Å². The standard InChI is InChI=1S/CH3BFI/c1-2(3)4/h1H3. The van der Waals surface area contributed by atoms with Crippen LogP contribution >= 0.6 is 22.4 Å². The molecule has 24 valence electrons. The molecule has 3 heteroatoms. The van der Waals surface area contributed by atoms with Crippen molar-refractivity contribution < 1.29 is 4.32 Å². The number of rotatable bonds is 0. The van der Waals surface area contributed by atoms with E-state index in [9.17, 15) is 4.32 Å². The fourth-order valence-electron chi connectivity index (χ4n) is 0. The SMILES string of the molecule is CB(F)I. The van der Waals surface area contributed by atoms with Gasteiger partial charge in [-0.25, -0.2) is 0 Å². The first kappa shape index (κ1) is 4.72. The summed E-state index contributed by atoms with van der Waals surface area (Å²) >= 11 is 1.68. The lowest BCUT2D eigenvalue weighted by molar-refractivity contribution is 0.873. The van der Waals surface area contributed by atoms with Gasteiger partial charge in [-0.05, 0) is 6.82 Å². The number of hydrogen-bond donors (Lipinski definition) is 0. The third-order valence-electron chi connectivity index (χ3n) is 0. The minimum atomic E-state index is -0.697. The van der Waals surface area contributed by atoms with Crippen molar-refractivity contribution in [3.63, 3.8) is 0 Å². The molecule has 0 amide bonds. The van der Waals surface area contributed by atoms with Crippen LogP contribution in [-0.2, 0) is 0 Å². The van der Waals surface area contributed by atoms with Gasteiger partial charge in [0.15, 0.2) is 0 Å². The van der Waals surface area contributed by atoms with Gasteiger partial charge in [0.1, 0.15) is 0 Å². The lowest BCUT2D eigenvalue weighted by Gasteiger charge is -1.63. The fourth-order valence-corrected chi connectivity index (χ4v) is 0. The van der Waals surface area contributed by atoms with E-state index in [1.165, 1.54) is 6.82 Å². The van der Waals surface area contributed by atoms with Crippen molar-refractivity contribution in [2.75, 3.05) is 0 Å². The fraction of sp³-hybridized carbons (Fsp3) is 1.00. The summed E-state index contributed by atoms with van der Waals surface area (Å²) in [5, 5.41) is 0. The van der Waals surface area contributed by atoms with Crippen LogP contribution in [-0.4, -0.2) is 4.85 Å². The zero-order valence-electron chi connectivity index (χ0n) is 2.33. The van der Waals surface area contributed by atoms with Crippen LogP contribution in [0, 0.1) is 0 Å². The average molecular weight is 172 g/mol. The third-order valence-corrected chi connectivity index (χ3v) is 0. The molecule has 0 aliphatic carbocycles. The highest BCUT2D eigenvalue weighted by Gasteiger charge is 1.89. The van der Waals surface area contributed by atoms with Crippen molar-refractivity contribution in [2.24, 2.45) is 0 Å². The lowest BCUT2D eigenvalue weighted by atomic mass is 10.2. The molecule has 0 N–H and O–H groups in total. The molecule has 0 rings (SSSR count). The van der Waals surface area contributed by atoms with Crippen molar-refractivity contribution in [1.29, 1.82) is 0 Å². The van der Waals surface area contributed by atoms with E-state index in [0.29, 0.717) is 0 Å². The van der Waals surface area contributed by atoms with Crippen LogP contribution in [0.3, 0.4) is 0 Å². The van der Waals surface area contributed by atoms with Gasteiger partial charge < -0.3 is 4.32 Å². The molecule has 0 atom stereocenters. The molecule has 0 aliphatic heterocycles. The highest BCUT2D eigenvalue weighted by Crippen LogP contribution is 1.89. The number of hydrogen-bond acceptors (Lipinski definition) is 0. The van der Waals surface area contributed by atoms with Crippen molar-refractivity contribution in [3.05, 3.63) is 0 Å². The molecule has 0 aromatic heterocycles.